The van der Waals surface area contributed by atoms with E-state index in [2.05, 4.69) is 10.3 Å². The van der Waals surface area contributed by atoms with Gasteiger partial charge in [0.05, 0.1) is 12.2 Å². The van der Waals surface area contributed by atoms with Crippen LogP contribution in [0.4, 0.5) is 13.2 Å². The van der Waals surface area contributed by atoms with Gasteiger partial charge in [-0.25, -0.2) is 4.98 Å². The number of oxazole rings is 1. The van der Waals surface area contributed by atoms with Crippen molar-refractivity contribution in [1.82, 2.24) is 10.3 Å². The zero-order valence-electron chi connectivity index (χ0n) is 8.97. The molecular weight excluding hydrogens is 241 g/mol. The summed E-state index contributed by atoms with van der Waals surface area (Å²) < 4.78 is 40.7. The Morgan fingerprint density at radius 3 is 2.75 bits per heavy atom. The first kappa shape index (κ1) is 13.4. The number of alkyl halides is 3. The van der Waals surface area contributed by atoms with Crippen LogP contribution in [0.2, 0.25) is 0 Å². The van der Waals surface area contributed by atoms with Crippen molar-refractivity contribution in [2.75, 3.05) is 12.3 Å². The van der Waals surface area contributed by atoms with Crippen LogP contribution in [0.15, 0.2) is 10.6 Å². The van der Waals surface area contributed by atoms with Gasteiger partial charge in [0.2, 0.25) is 5.89 Å². The summed E-state index contributed by atoms with van der Waals surface area (Å²) in [6.45, 7) is 3.82. The van der Waals surface area contributed by atoms with Gasteiger partial charge in [0.25, 0.3) is 0 Å². The molecule has 7 heteroatoms. The van der Waals surface area contributed by atoms with Crippen molar-refractivity contribution in [3.8, 4) is 0 Å². The highest BCUT2D eigenvalue weighted by Crippen LogP contribution is 2.29. The molecule has 0 saturated heterocycles. The first-order valence-electron chi connectivity index (χ1n) is 4.75. The third kappa shape index (κ3) is 4.89. The highest BCUT2D eigenvalue weighted by molar-refractivity contribution is 8.00. The SMILES string of the molecule is Cc1cnc(C(C)NCCSC(F)(F)F)o1. The maximum atomic E-state index is 11.8. The van der Waals surface area contributed by atoms with E-state index in [0.717, 1.165) is 0 Å². The Morgan fingerprint density at radius 1 is 1.56 bits per heavy atom. The zero-order valence-corrected chi connectivity index (χ0v) is 9.78. The lowest BCUT2D eigenvalue weighted by Crippen LogP contribution is -2.22. The van der Waals surface area contributed by atoms with Crippen LogP contribution < -0.4 is 5.32 Å². The topological polar surface area (TPSA) is 38.1 Å². The van der Waals surface area contributed by atoms with E-state index in [0.29, 0.717) is 11.7 Å². The molecule has 1 aromatic heterocycles. The van der Waals surface area contributed by atoms with E-state index in [1.807, 2.05) is 0 Å². The number of rotatable bonds is 5. The second-order valence-electron chi connectivity index (χ2n) is 3.28. The highest BCUT2D eigenvalue weighted by atomic mass is 32.2. The van der Waals surface area contributed by atoms with E-state index >= 15 is 0 Å². The molecule has 1 heterocycles. The number of nitrogens with zero attached hydrogens (tertiary/aromatic N) is 1. The van der Waals surface area contributed by atoms with Gasteiger partial charge in [-0.1, -0.05) is 0 Å². The predicted octanol–water partition coefficient (Wildman–Crippen LogP) is 2.89. The molecule has 16 heavy (non-hydrogen) atoms. The van der Waals surface area contributed by atoms with E-state index in [-0.39, 0.29) is 30.1 Å². The van der Waals surface area contributed by atoms with Crippen molar-refractivity contribution in [3.63, 3.8) is 0 Å². The first-order valence-corrected chi connectivity index (χ1v) is 5.73. The Hall–Kier alpha value is -0.690. The Balaban J connectivity index is 2.23. The van der Waals surface area contributed by atoms with Crippen molar-refractivity contribution in [3.05, 3.63) is 17.8 Å². The van der Waals surface area contributed by atoms with Gasteiger partial charge in [0.15, 0.2) is 0 Å². The van der Waals surface area contributed by atoms with Crippen LogP contribution in [-0.4, -0.2) is 22.8 Å². The number of aromatic nitrogens is 1. The lowest BCUT2D eigenvalue weighted by Gasteiger charge is -2.10. The lowest BCUT2D eigenvalue weighted by atomic mass is 10.3. The van der Waals surface area contributed by atoms with E-state index in [1.54, 1.807) is 20.0 Å². The summed E-state index contributed by atoms with van der Waals surface area (Å²) >= 11 is -0.0376. The second-order valence-corrected chi connectivity index (χ2v) is 4.44. The molecule has 92 valence electrons. The standard InChI is InChI=1S/C9H13F3N2OS/c1-6-5-14-8(15-6)7(2)13-3-4-16-9(10,11)12/h5,7,13H,3-4H2,1-2H3. The number of aryl methyl sites for hydroxylation is 1. The second kappa shape index (κ2) is 5.58. The summed E-state index contributed by atoms with van der Waals surface area (Å²) in [7, 11) is 0. The van der Waals surface area contributed by atoms with Gasteiger partial charge in [0, 0.05) is 12.3 Å². The molecule has 1 N–H and O–H groups in total. The summed E-state index contributed by atoms with van der Waals surface area (Å²) in [6, 6.07) is -0.178. The molecule has 0 saturated carbocycles. The normalized spacial score (nSPS) is 14.1. The average molecular weight is 254 g/mol. The maximum absolute atomic E-state index is 11.8. The highest BCUT2D eigenvalue weighted by Gasteiger charge is 2.27. The van der Waals surface area contributed by atoms with Crippen molar-refractivity contribution in [2.45, 2.75) is 25.4 Å². The summed E-state index contributed by atoms with van der Waals surface area (Å²) in [5.41, 5.74) is -4.16. The molecular formula is C9H13F3N2OS. The number of halogens is 3. The van der Waals surface area contributed by atoms with Crippen LogP contribution in [0.1, 0.15) is 24.6 Å². The van der Waals surface area contributed by atoms with Crippen LogP contribution in [0.25, 0.3) is 0 Å². The molecule has 0 fully saturated rings. The van der Waals surface area contributed by atoms with Crippen LogP contribution in [0, 0.1) is 6.92 Å². The largest absolute Gasteiger partial charge is 0.444 e. The monoisotopic (exact) mass is 254 g/mol. The lowest BCUT2D eigenvalue weighted by molar-refractivity contribution is -0.0327. The van der Waals surface area contributed by atoms with Crippen LogP contribution in [0.5, 0.6) is 0 Å². The minimum Gasteiger partial charge on any atom is -0.444 e. The Kier molecular flexibility index (Phi) is 4.67. The average Bonchev–Trinajstić information content (AvgIpc) is 2.57. The molecule has 1 aromatic rings. The molecule has 0 aliphatic carbocycles. The van der Waals surface area contributed by atoms with Gasteiger partial charge < -0.3 is 9.73 Å². The summed E-state index contributed by atoms with van der Waals surface area (Å²) in [6.07, 6.45) is 1.58. The number of nitrogens with one attached hydrogen (secondary N) is 1. The summed E-state index contributed by atoms with van der Waals surface area (Å²) in [4.78, 5) is 3.98. The minimum absolute atomic E-state index is 0.0203. The van der Waals surface area contributed by atoms with E-state index in [9.17, 15) is 13.2 Å². The molecule has 1 rings (SSSR count). The summed E-state index contributed by atoms with van der Waals surface area (Å²) in [5.74, 6) is 1.16. The van der Waals surface area contributed by atoms with E-state index in [4.69, 9.17) is 4.42 Å². The van der Waals surface area contributed by atoms with Gasteiger partial charge in [-0.3, -0.25) is 0 Å². The van der Waals surface area contributed by atoms with Gasteiger partial charge in [-0.05, 0) is 25.6 Å². The van der Waals surface area contributed by atoms with Crippen LogP contribution in [-0.2, 0) is 0 Å². The third-order valence-electron chi connectivity index (χ3n) is 1.83. The fourth-order valence-corrected chi connectivity index (χ4v) is 1.55. The molecule has 0 aliphatic heterocycles. The Labute approximate surface area is 95.8 Å². The van der Waals surface area contributed by atoms with E-state index in [1.165, 1.54) is 0 Å². The molecule has 1 atom stereocenters. The molecule has 1 unspecified atom stereocenters. The van der Waals surface area contributed by atoms with Crippen molar-refractivity contribution in [2.24, 2.45) is 0 Å². The van der Waals surface area contributed by atoms with Gasteiger partial charge >= 0.3 is 5.51 Å². The van der Waals surface area contributed by atoms with Crippen molar-refractivity contribution >= 4 is 11.8 Å². The quantitative estimate of drug-likeness (QED) is 0.820. The third-order valence-corrected chi connectivity index (χ3v) is 2.56. The first-order chi connectivity index (χ1) is 7.38. The zero-order chi connectivity index (χ0) is 12.2. The molecule has 0 spiro atoms. The fourth-order valence-electron chi connectivity index (χ4n) is 1.10. The van der Waals surface area contributed by atoms with Crippen molar-refractivity contribution < 1.29 is 17.6 Å². The number of hydrogen-bond donors (Lipinski definition) is 1. The number of hydrogen-bond acceptors (Lipinski definition) is 4. The predicted molar refractivity (Wildman–Crippen MR) is 56.2 cm³/mol. The smallest absolute Gasteiger partial charge is 0.441 e. The molecule has 0 bridgehead atoms. The molecule has 0 aromatic carbocycles. The van der Waals surface area contributed by atoms with E-state index < -0.39 is 5.51 Å². The van der Waals surface area contributed by atoms with Gasteiger partial charge in [-0.15, -0.1) is 0 Å². The molecule has 0 radical (unpaired) electrons. The van der Waals surface area contributed by atoms with Crippen molar-refractivity contribution in [1.29, 1.82) is 0 Å². The molecule has 0 amide bonds. The van der Waals surface area contributed by atoms with Gasteiger partial charge in [0.1, 0.15) is 5.76 Å². The molecule has 3 nitrogen and oxygen atoms in total. The van der Waals surface area contributed by atoms with Gasteiger partial charge in [-0.2, -0.15) is 13.2 Å². The van der Waals surface area contributed by atoms with Crippen LogP contribution >= 0.6 is 11.8 Å². The molecule has 0 aliphatic rings. The fraction of sp³-hybridized carbons (Fsp3) is 0.667. The Bertz CT molecular complexity index is 327. The maximum Gasteiger partial charge on any atom is 0.441 e. The number of thioether (sulfide) groups is 1. The van der Waals surface area contributed by atoms with Crippen LogP contribution in [0.3, 0.4) is 0 Å². The minimum atomic E-state index is -4.16. The summed E-state index contributed by atoms with van der Waals surface area (Å²) in [5, 5.41) is 2.91. The Morgan fingerprint density at radius 2 is 2.25 bits per heavy atom.